The molecule has 1 amide bonds. The molecule has 7 heteroatoms. The number of amides is 1. The Morgan fingerprint density at radius 2 is 1.76 bits per heavy atom. The molecule has 1 saturated heterocycles. The van der Waals surface area contributed by atoms with Crippen LogP contribution in [0.15, 0.2) is 69.9 Å². The van der Waals surface area contributed by atoms with Gasteiger partial charge in [0.25, 0.3) is 5.91 Å². The second kappa shape index (κ2) is 9.65. The van der Waals surface area contributed by atoms with Gasteiger partial charge in [-0.3, -0.25) is 14.5 Å². The fourth-order valence-electron chi connectivity index (χ4n) is 5.43. The maximum absolute atomic E-state index is 14.0. The van der Waals surface area contributed by atoms with Gasteiger partial charge in [0.1, 0.15) is 11.3 Å². The number of benzene rings is 3. The van der Waals surface area contributed by atoms with E-state index in [4.69, 9.17) is 13.9 Å². The van der Waals surface area contributed by atoms with Gasteiger partial charge in [-0.1, -0.05) is 42.5 Å². The average molecular weight is 499 g/mol. The zero-order valence-corrected chi connectivity index (χ0v) is 21.1. The van der Waals surface area contributed by atoms with Crippen LogP contribution in [-0.2, 0) is 4.74 Å². The third kappa shape index (κ3) is 4.28. The van der Waals surface area contributed by atoms with Crippen LogP contribution in [0.5, 0.6) is 5.75 Å². The molecule has 1 fully saturated rings. The van der Waals surface area contributed by atoms with E-state index in [9.17, 15) is 9.59 Å². The van der Waals surface area contributed by atoms with Crippen LogP contribution in [0.4, 0.5) is 0 Å². The molecule has 6 rings (SSSR count). The average Bonchev–Trinajstić information content (AvgIpc) is 3.19. The molecule has 0 saturated carbocycles. The van der Waals surface area contributed by atoms with Crippen LogP contribution >= 0.6 is 0 Å². The first-order chi connectivity index (χ1) is 18.0. The lowest BCUT2D eigenvalue weighted by atomic mass is 9.97. The number of fused-ring (bicyclic) bond motifs is 4. The molecule has 190 valence electrons. The largest absolute Gasteiger partial charge is 0.491 e. The quantitative estimate of drug-likeness (QED) is 0.362. The van der Waals surface area contributed by atoms with E-state index < -0.39 is 6.04 Å². The van der Waals surface area contributed by atoms with Crippen molar-refractivity contribution >= 4 is 27.6 Å². The summed E-state index contributed by atoms with van der Waals surface area (Å²) in [6.45, 7) is 8.13. The van der Waals surface area contributed by atoms with Gasteiger partial charge in [0, 0.05) is 31.6 Å². The van der Waals surface area contributed by atoms with Gasteiger partial charge < -0.3 is 18.8 Å². The molecule has 0 radical (unpaired) electrons. The Balaban J connectivity index is 1.49. The van der Waals surface area contributed by atoms with E-state index >= 15 is 0 Å². The number of ether oxygens (including phenoxy) is 2. The molecule has 0 N–H and O–H groups in total. The van der Waals surface area contributed by atoms with Gasteiger partial charge in [0.15, 0.2) is 5.43 Å². The van der Waals surface area contributed by atoms with Crippen LogP contribution in [0, 0.1) is 0 Å². The van der Waals surface area contributed by atoms with E-state index in [1.54, 1.807) is 11.0 Å². The molecule has 0 aliphatic carbocycles. The number of rotatable bonds is 6. The molecule has 2 aliphatic heterocycles. The lowest BCUT2D eigenvalue weighted by Gasteiger charge is -2.31. The van der Waals surface area contributed by atoms with Gasteiger partial charge >= 0.3 is 0 Å². The lowest BCUT2D eigenvalue weighted by molar-refractivity contribution is 0.0314. The number of carbonyl (C=O) groups is 1. The van der Waals surface area contributed by atoms with Gasteiger partial charge in [0.2, 0.25) is 5.76 Å². The van der Waals surface area contributed by atoms with Crippen molar-refractivity contribution in [2.45, 2.75) is 26.0 Å². The third-order valence-electron chi connectivity index (χ3n) is 7.16. The van der Waals surface area contributed by atoms with Crippen molar-refractivity contribution in [1.82, 2.24) is 9.80 Å². The molecule has 0 spiro atoms. The highest BCUT2D eigenvalue weighted by Gasteiger charge is 2.43. The second-order valence-electron chi connectivity index (χ2n) is 9.93. The van der Waals surface area contributed by atoms with Crippen molar-refractivity contribution in [2.24, 2.45) is 0 Å². The Morgan fingerprint density at radius 1 is 0.946 bits per heavy atom. The van der Waals surface area contributed by atoms with Gasteiger partial charge in [-0.05, 0) is 43.0 Å². The standard InChI is InChI=1S/C30H30N2O5/c1-19(2)36-22-8-5-7-21(18-22)26-25-27(33)24-11-10-20-6-3-4-9-23(20)28(24)37-29(25)30(34)32(26)13-12-31-14-16-35-17-15-31/h3-11,18-19,26H,12-17H2,1-2H3. The van der Waals surface area contributed by atoms with Crippen LogP contribution in [0.2, 0.25) is 0 Å². The van der Waals surface area contributed by atoms with E-state index in [0.717, 1.165) is 29.4 Å². The van der Waals surface area contributed by atoms with Crippen molar-refractivity contribution in [3.63, 3.8) is 0 Å². The summed E-state index contributed by atoms with van der Waals surface area (Å²) < 4.78 is 17.7. The molecule has 1 unspecified atom stereocenters. The predicted molar refractivity (Wildman–Crippen MR) is 142 cm³/mol. The summed E-state index contributed by atoms with van der Waals surface area (Å²) in [6.07, 6.45) is 0.00691. The van der Waals surface area contributed by atoms with Crippen LogP contribution in [0.3, 0.4) is 0 Å². The molecule has 0 bridgehead atoms. The normalized spacial score (nSPS) is 18.2. The van der Waals surface area contributed by atoms with Gasteiger partial charge in [0.05, 0.1) is 36.3 Å². The zero-order valence-electron chi connectivity index (χ0n) is 21.1. The maximum atomic E-state index is 14.0. The highest BCUT2D eigenvalue weighted by molar-refractivity contribution is 6.06. The molecular formula is C30H30N2O5. The van der Waals surface area contributed by atoms with E-state index in [2.05, 4.69) is 4.90 Å². The van der Waals surface area contributed by atoms with Crippen molar-refractivity contribution in [1.29, 1.82) is 0 Å². The van der Waals surface area contributed by atoms with Crippen LogP contribution < -0.4 is 10.2 Å². The molecule has 2 aliphatic rings. The smallest absolute Gasteiger partial charge is 0.290 e. The predicted octanol–water partition coefficient (Wildman–Crippen LogP) is 4.61. The summed E-state index contributed by atoms with van der Waals surface area (Å²) in [6, 6.07) is 18.6. The van der Waals surface area contributed by atoms with Crippen LogP contribution in [0.1, 0.15) is 41.6 Å². The number of hydrogen-bond acceptors (Lipinski definition) is 6. The first-order valence-corrected chi connectivity index (χ1v) is 12.9. The van der Waals surface area contributed by atoms with E-state index in [1.165, 1.54) is 0 Å². The van der Waals surface area contributed by atoms with Crippen molar-refractivity contribution in [3.8, 4) is 5.75 Å². The number of morpholine rings is 1. The first-order valence-electron chi connectivity index (χ1n) is 12.9. The Labute approximate surface area is 215 Å². The molecule has 4 aromatic rings. The molecule has 7 nitrogen and oxygen atoms in total. The highest BCUT2D eigenvalue weighted by atomic mass is 16.5. The van der Waals surface area contributed by atoms with E-state index in [1.807, 2.05) is 68.4 Å². The molecular weight excluding hydrogens is 468 g/mol. The SMILES string of the molecule is CC(C)Oc1cccc(C2c3c(oc4c(ccc5ccccc54)c3=O)C(=O)N2CCN2CCOCC2)c1. The summed E-state index contributed by atoms with van der Waals surface area (Å²) >= 11 is 0. The Bertz CT molecular complexity index is 1540. The van der Waals surface area contributed by atoms with Crippen LogP contribution in [-0.4, -0.2) is 61.2 Å². The Kier molecular flexibility index (Phi) is 6.18. The van der Waals surface area contributed by atoms with Gasteiger partial charge in [-0.25, -0.2) is 0 Å². The molecule has 3 aromatic carbocycles. The topological polar surface area (TPSA) is 72.2 Å². The lowest BCUT2D eigenvalue weighted by Crippen LogP contribution is -2.42. The van der Waals surface area contributed by atoms with E-state index in [0.29, 0.717) is 48.6 Å². The third-order valence-corrected chi connectivity index (χ3v) is 7.16. The summed E-state index contributed by atoms with van der Waals surface area (Å²) in [4.78, 5) is 31.9. The molecule has 1 atom stereocenters. The molecule has 1 aromatic heterocycles. The van der Waals surface area contributed by atoms with Crippen molar-refractivity contribution in [3.05, 3.63) is 87.8 Å². The van der Waals surface area contributed by atoms with Gasteiger partial charge in [-0.15, -0.1) is 0 Å². The van der Waals surface area contributed by atoms with Crippen LogP contribution in [0.25, 0.3) is 21.7 Å². The minimum absolute atomic E-state index is 0.00691. The minimum Gasteiger partial charge on any atom is -0.491 e. The van der Waals surface area contributed by atoms with E-state index in [-0.39, 0.29) is 23.2 Å². The van der Waals surface area contributed by atoms with Gasteiger partial charge in [-0.2, -0.15) is 0 Å². The number of nitrogens with zero attached hydrogens (tertiary/aromatic N) is 2. The van der Waals surface area contributed by atoms with Crippen molar-refractivity contribution in [2.75, 3.05) is 39.4 Å². The number of carbonyl (C=O) groups excluding carboxylic acids is 1. The molecule has 3 heterocycles. The second-order valence-corrected chi connectivity index (χ2v) is 9.93. The fourth-order valence-corrected chi connectivity index (χ4v) is 5.43. The summed E-state index contributed by atoms with van der Waals surface area (Å²) in [5.41, 5.74) is 1.53. The Hall–Kier alpha value is -3.68. The summed E-state index contributed by atoms with van der Waals surface area (Å²) in [5, 5.41) is 2.27. The monoisotopic (exact) mass is 498 g/mol. The van der Waals surface area contributed by atoms with Crippen molar-refractivity contribution < 1.29 is 18.7 Å². The minimum atomic E-state index is -0.550. The summed E-state index contributed by atoms with van der Waals surface area (Å²) in [7, 11) is 0. The zero-order chi connectivity index (χ0) is 25.5. The Morgan fingerprint density at radius 3 is 2.57 bits per heavy atom. The summed E-state index contributed by atoms with van der Waals surface area (Å²) in [5.74, 6) is 0.587. The first kappa shape index (κ1) is 23.7. The fraction of sp³-hybridized carbons (Fsp3) is 0.333. The number of hydrogen-bond donors (Lipinski definition) is 0. The maximum Gasteiger partial charge on any atom is 0.290 e. The highest BCUT2D eigenvalue weighted by Crippen LogP contribution is 2.40. The molecule has 37 heavy (non-hydrogen) atoms.